The molecular weight excluding hydrogens is 429 g/mol. The Kier molecular flexibility index (Phi) is 6.28. The number of nitrogens with zero attached hydrogens (tertiary/aromatic N) is 1. The van der Waals surface area contributed by atoms with Crippen LogP contribution in [0.15, 0.2) is 77.7 Å². The van der Waals surface area contributed by atoms with Crippen LogP contribution in [0.5, 0.6) is 11.5 Å². The number of carbonyl (C=O) groups excluding carboxylic acids is 2. The van der Waals surface area contributed by atoms with E-state index in [2.05, 4.69) is 0 Å². The summed E-state index contributed by atoms with van der Waals surface area (Å²) in [5.41, 5.74) is 1.98. The van der Waals surface area contributed by atoms with E-state index in [4.69, 9.17) is 9.47 Å². The van der Waals surface area contributed by atoms with Crippen LogP contribution in [-0.2, 0) is 15.3 Å². The van der Waals surface area contributed by atoms with Gasteiger partial charge in [0.2, 0.25) is 0 Å². The SMILES string of the molecule is COc1ccc(C2=C(SCc3ccccc3)C(=O)N(c3cccc(F)c3)C2=O)cc1OC. The van der Waals surface area contributed by atoms with E-state index in [0.29, 0.717) is 27.7 Å². The second-order valence-corrected chi connectivity index (χ2v) is 7.96. The molecule has 0 spiro atoms. The predicted octanol–water partition coefficient (Wildman–Crippen LogP) is 5.06. The summed E-state index contributed by atoms with van der Waals surface area (Å²) in [6.07, 6.45) is 0. The smallest absolute Gasteiger partial charge is 0.272 e. The molecule has 32 heavy (non-hydrogen) atoms. The second kappa shape index (κ2) is 9.28. The zero-order chi connectivity index (χ0) is 22.7. The van der Waals surface area contributed by atoms with Crippen LogP contribution in [0.3, 0.4) is 0 Å². The van der Waals surface area contributed by atoms with Crippen molar-refractivity contribution in [3.63, 3.8) is 0 Å². The molecule has 0 fully saturated rings. The molecule has 1 aliphatic heterocycles. The van der Waals surface area contributed by atoms with Gasteiger partial charge in [0.25, 0.3) is 11.8 Å². The van der Waals surface area contributed by atoms with E-state index in [1.807, 2.05) is 30.3 Å². The third kappa shape index (κ3) is 4.11. The van der Waals surface area contributed by atoms with Gasteiger partial charge in [-0.15, -0.1) is 11.8 Å². The van der Waals surface area contributed by atoms with Crippen LogP contribution < -0.4 is 14.4 Å². The summed E-state index contributed by atoms with van der Waals surface area (Å²) in [7, 11) is 3.02. The van der Waals surface area contributed by atoms with Crippen molar-refractivity contribution in [1.82, 2.24) is 0 Å². The highest BCUT2D eigenvalue weighted by molar-refractivity contribution is 8.03. The molecule has 3 aromatic rings. The number of thioether (sulfide) groups is 1. The van der Waals surface area contributed by atoms with Crippen molar-refractivity contribution >= 4 is 34.8 Å². The van der Waals surface area contributed by atoms with Crippen LogP contribution in [0.25, 0.3) is 5.57 Å². The molecular formula is C25H20FNO4S. The van der Waals surface area contributed by atoms with Gasteiger partial charge >= 0.3 is 0 Å². The number of hydrogen-bond acceptors (Lipinski definition) is 5. The van der Waals surface area contributed by atoms with Gasteiger partial charge in [0.1, 0.15) is 5.82 Å². The minimum Gasteiger partial charge on any atom is -0.493 e. The molecule has 2 amide bonds. The van der Waals surface area contributed by atoms with Crippen LogP contribution in [0, 0.1) is 5.82 Å². The summed E-state index contributed by atoms with van der Waals surface area (Å²) in [4.78, 5) is 28.1. The lowest BCUT2D eigenvalue weighted by Gasteiger charge is -2.15. The van der Waals surface area contributed by atoms with Crippen molar-refractivity contribution < 1.29 is 23.5 Å². The Morgan fingerprint density at radius 2 is 1.59 bits per heavy atom. The Balaban J connectivity index is 1.79. The summed E-state index contributed by atoms with van der Waals surface area (Å²) >= 11 is 1.28. The fourth-order valence-electron chi connectivity index (χ4n) is 3.47. The minimum absolute atomic E-state index is 0.188. The fourth-order valence-corrected chi connectivity index (χ4v) is 4.54. The van der Waals surface area contributed by atoms with Crippen molar-refractivity contribution in [2.24, 2.45) is 0 Å². The van der Waals surface area contributed by atoms with Gasteiger partial charge in [-0.3, -0.25) is 9.59 Å². The first kappa shape index (κ1) is 21.6. The molecule has 1 heterocycles. The number of carbonyl (C=O) groups is 2. The van der Waals surface area contributed by atoms with E-state index in [0.717, 1.165) is 10.5 Å². The third-order valence-corrected chi connectivity index (χ3v) is 6.15. The van der Waals surface area contributed by atoms with Crippen molar-refractivity contribution in [1.29, 1.82) is 0 Å². The van der Waals surface area contributed by atoms with Gasteiger partial charge in [0.05, 0.1) is 30.4 Å². The Morgan fingerprint density at radius 3 is 2.28 bits per heavy atom. The number of benzene rings is 3. The average Bonchev–Trinajstić information content (AvgIpc) is 3.07. The summed E-state index contributed by atoms with van der Waals surface area (Å²) in [6, 6.07) is 20.2. The molecule has 3 aromatic carbocycles. The van der Waals surface area contributed by atoms with E-state index in [1.165, 1.54) is 50.2 Å². The topological polar surface area (TPSA) is 55.8 Å². The highest BCUT2D eigenvalue weighted by Gasteiger charge is 2.40. The van der Waals surface area contributed by atoms with E-state index >= 15 is 0 Å². The van der Waals surface area contributed by atoms with Crippen molar-refractivity contribution in [3.8, 4) is 11.5 Å². The van der Waals surface area contributed by atoms with E-state index in [9.17, 15) is 14.0 Å². The highest BCUT2D eigenvalue weighted by Crippen LogP contribution is 2.41. The number of halogens is 1. The van der Waals surface area contributed by atoms with Gasteiger partial charge in [-0.1, -0.05) is 42.5 Å². The van der Waals surface area contributed by atoms with Gasteiger partial charge in [-0.25, -0.2) is 9.29 Å². The summed E-state index contributed by atoms with van der Waals surface area (Å²) in [6.45, 7) is 0. The van der Waals surface area contributed by atoms with E-state index in [1.54, 1.807) is 18.2 Å². The van der Waals surface area contributed by atoms with Crippen molar-refractivity contribution in [2.75, 3.05) is 19.1 Å². The van der Waals surface area contributed by atoms with Crippen LogP contribution in [0.4, 0.5) is 10.1 Å². The summed E-state index contributed by atoms with van der Waals surface area (Å²) in [5, 5.41) is 0. The maximum Gasteiger partial charge on any atom is 0.272 e. The quantitative estimate of drug-likeness (QED) is 0.472. The first-order chi connectivity index (χ1) is 15.5. The number of hydrogen-bond donors (Lipinski definition) is 0. The average molecular weight is 450 g/mol. The molecule has 0 saturated heterocycles. The van der Waals surface area contributed by atoms with Gasteiger partial charge in [0.15, 0.2) is 11.5 Å². The van der Waals surface area contributed by atoms with Gasteiger partial charge < -0.3 is 9.47 Å². The van der Waals surface area contributed by atoms with Gasteiger partial charge in [-0.2, -0.15) is 0 Å². The molecule has 0 atom stereocenters. The van der Waals surface area contributed by atoms with Crippen LogP contribution in [0.2, 0.25) is 0 Å². The Labute approximate surface area is 189 Å². The molecule has 1 aliphatic rings. The number of methoxy groups -OCH3 is 2. The molecule has 0 radical (unpaired) electrons. The number of imide groups is 1. The van der Waals surface area contributed by atoms with Gasteiger partial charge in [-0.05, 0) is 41.5 Å². The third-order valence-electron chi connectivity index (χ3n) is 5.01. The molecule has 162 valence electrons. The molecule has 0 unspecified atom stereocenters. The molecule has 0 bridgehead atoms. The fraction of sp³-hybridized carbons (Fsp3) is 0.120. The lowest BCUT2D eigenvalue weighted by atomic mass is 10.1. The van der Waals surface area contributed by atoms with Crippen LogP contribution in [0.1, 0.15) is 11.1 Å². The summed E-state index contributed by atoms with van der Waals surface area (Å²) < 4.78 is 24.5. The molecule has 7 heteroatoms. The first-order valence-electron chi connectivity index (χ1n) is 9.81. The Hall–Kier alpha value is -3.58. The highest BCUT2D eigenvalue weighted by atomic mass is 32.2. The maximum absolute atomic E-state index is 13.8. The monoisotopic (exact) mass is 449 g/mol. The standard InChI is InChI=1S/C25H20FNO4S/c1-30-20-12-11-17(13-21(20)31-2)22-23(32-15-16-7-4-3-5-8-16)25(29)27(24(22)28)19-10-6-9-18(26)14-19/h3-14H,15H2,1-2H3. The normalized spacial score (nSPS) is 13.7. The van der Waals surface area contributed by atoms with Crippen LogP contribution >= 0.6 is 11.8 Å². The summed E-state index contributed by atoms with van der Waals surface area (Å²) in [5.74, 6) is -0.0671. The Bertz CT molecular complexity index is 1210. The lowest BCUT2D eigenvalue weighted by molar-refractivity contribution is -0.119. The number of rotatable bonds is 7. The molecule has 0 saturated carbocycles. The number of anilines is 1. The lowest BCUT2D eigenvalue weighted by Crippen LogP contribution is -2.31. The van der Waals surface area contributed by atoms with Crippen molar-refractivity contribution in [3.05, 3.63) is 94.6 Å². The largest absolute Gasteiger partial charge is 0.493 e. The van der Waals surface area contributed by atoms with Crippen molar-refractivity contribution in [2.45, 2.75) is 5.75 Å². The van der Waals surface area contributed by atoms with Crippen LogP contribution in [-0.4, -0.2) is 26.0 Å². The first-order valence-corrected chi connectivity index (χ1v) is 10.8. The predicted molar refractivity (Wildman–Crippen MR) is 123 cm³/mol. The van der Waals surface area contributed by atoms with E-state index < -0.39 is 17.6 Å². The molecule has 0 N–H and O–H groups in total. The molecule has 0 aromatic heterocycles. The number of ether oxygens (including phenoxy) is 2. The molecule has 5 nitrogen and oxygen atoms in total. The zero-order valence-corrected chi connectivity index (χ0v) is 18.3. The minimum atomic E-state index is -0.527. The maximum atomic E-state index is 13.8. The molecule has 0 aliphatic carbocycles. The molecule has 4 rings (SSSR count). The zero-order valence-electron chi connectivity index (χ0n) is 17.5. The second-order valence-electron chi connectivity index (χ2n) is 6.97. The number of amides is 2. The Morgan fingerprint density at radius 1 is 0.844 bits per heavy atom. The van der Waals surface area contributed by atoms with E-state index in [-0.39, 0.29) is 11.3 Å². The van der Waals surface area contributed by atoms with Gasteiger partial charge in [0, 0.05) is 5.75 Å².